The maximum absolute atomic E-state index is 10.5. The van der Waals surface area contributed by atoms with Crippen LogP contribution in [0.15, 0.2) is 42.6 Å². The number of hydrazine groups is 1. The molecule has 0 radical (unpaired) electrons. The third kappa shape index (κ3) is 3.46. The highest BCUT2D eigenvalue weighted by molar-refractivity contribution is 5.92. The Hall–Kier alpha value is -3.52. The molecule has 7 N–H and O–H groups in total. The molecule has 8 nitrogen and oxygen atoms in total. The number of nitrogens with zero attached hydrogens (tertiary/aromatic N) is 2. The summed E-state index contributed by atoms with van der Waals surface area (Å²) in [4.78, 5) is 9.22. The molecular weight excluding hydrogens is 378 g/mol. The van der Waals surface area contributed by atoms with Crippen molar-refractivity contribution in [2.24, 2.45) is 5.73 Å². The Morgan fingerprint density at radius 2 is 2.03 bits per heavy atom. The van der Waals surface area contributed by atoms with Gasteiger partial charge in [0.1, 0.15) is 11.6 Å². The predicted molar refractivity (Wildman–Crippen MR) is 119 cm³/mol. The zero-order valence-electron chi connectivity index (χ0n) is 16.5. The fourth-order valence-electron chi connectivity index (χ4n) is 4.21. The van der Waals surface area contributed by atoms with E-state index in [1.54, 1.807) is 12.4 Å². The number of pyridine rings is 2. The first kappa shape index (κ1) is 18.5. The molecule has 0 bridgehead atoms. The Bertz CT molecular complexity index is 1200. The van der Waals surface area contributed by atoms with Crippen molar-refractivity contribution in [2.75, 3.05) is 10.6 Å². The number of nitrogens with two attached hydrogens (primary N) is 1. The zero-order valence-corrected chi connectivity index (χ0v) is 16.5. The van der Waals surface area contributed by atoms with Gasteiger partial charge in [0, 0.05) is 40.8 Å². The summed E-state index contributed by atoms with van der Waals surface area (Å²) in [6.45, 7) is 0. The lowest BCUT2D eigenvalue weighted by Gasteiger charge is -2.30. The summed E-state index contributed by atoms with van der Waals surface area (Å²) in [6.07, 6.45) is 7.95. The second kappa shape index (κ2) is 7.72. The van der Waals surface area contributed by atoms with E-state index in [4.69, 9.17) is 10.7 Å². The van der Waals surface area contributed by atoms with Gasteiger partial charge in [-0.05, 0) is 43.2 Å². The molecular formula is C22H25N7O. The quantitative estimate of drug-likeness (QED) is 0.388. The van der Waals surface area contributed by atoms with E-state index in [1.807, 2.05) is 36.4 Å². The summed E-state index contributed by atoms with van der Waals surface area (Å²) < 4.78 is 0. The number of fused-ring (bicyclic) bond motifs is 2. The van der Waals surface area contributed by atoms with Crippen LogP contribution in [0.25, 0.3) is 23.0 Å². The second-order valence-corrected chi connectivity index (χ2v) is 7.78. The van der Waals surface area contributed by atoms with Crippen molar-refractivity contribution in [3.63, 3.8) is 0 Å². The average Bonchev–Trinajstić information content (AvgIpc) is 2.76. The van der Waals surface area contributed by atoms with Crippen molar-refractivity contribution in [1.29, 1.82) is 0 Å². The zero-order chi connectivity index (χ0) is 20.5. The molecule has 8 heteroatoms. The van der Waals surface area contributed by atoms with E-state index in [9.17, 15) is 5.11 Å². The molecule has 1 aliphatic heterocycles. The molecule has 1 fully saturated rings. The van der Waals surface area contributed by atoms with Gasteiger partial charge in [-0.15, -0.1) is 0 Å². The molecule has 0 amide bonds. The monoisotopic (exact) mass is 403 g/mol. The van der Waals surface area contributed by atoms with Gasteiger partial charge in [0.05, 0.1) is 10.7 Å². The van der Waals surface area contributed by atoms with Crippen molar-refractivity contribution < 1.29 is 5.11 Å². The maximum atomic E-state index is 10.5. The van der Waals surface area contributed by atoms with Gasteiger partial charge < -0.3 is 26.9 Å². The Balaban J connectivity index is 1.59. The number of aliphatic hydroxyl groups excluding tert-OH is 1. The van der Waals surface area contributed by atoms with Crippen LogP contribution in [0.3, 0.4) is 0 Å². The molecule has 30 heavy (non-hydrogen) atoms. The first-order valence-corrected chi connectivity index (χ1v) is 10.3. The molecule has 2 aliphatic rings. The first-order valence-electron chi connectivity index (χ1n) is 10.3. The lowest BCUT2D eigenvalue weighted by molar-refractivity contribution is 0.403. The van der Waals surface area contributed by atoms with E-state index in [1.165, 1.54) is 6.42 Å². The lowest BCUT2D eigenvalue weighted by atomic mass is 9.91. The van der Waals surface area contributed by atoms with E-state index < -0.39 is 0 Å². The third-order valence-electron chi connectivity index (χ3n) is 5.76. The highest BCUT2D eigenvalue weighted by Gasteiger charge is 2.22. The fraction of sp³-hybridized carbons (Fsp3) is 0.273. The molecule has 2 aromatic heterocycles. The van der Waals surface area contributed by atoms with Gasteiger partial charge in [0.25, 0.3) is 0 Å². The molecule has 3 heterocycles. The summed E-state index contributed by atoms with van der Waals surface area (Å²) in [5, 5.41) is 19.8. The second-order valence-electron chi connectivity index (χ2n) is 7.78. The van der Waals surface area contributed by atoms with Gasteiger partial charge >= 0.3 is 0 Å². The maximum Gasteiger partial charge on any atom is 0.215 e. The topological polar surface area (TPSA) is 120 Å². The Kier molecular flexibility index (Phi) is 4.76. The average molecular weight is 403 g/mol. The standard InChI is InChI=1S/C22H25N7O/c23-15-6-1-2-7-18(15)26-19-11-13-12-25-29-22(30)20(13)21(28-19)27-17-9-3-8-16-14(17)5-4-10-24-16/h3-5,8-12,15,18,25-26,29-30H,1-2,6-7,23H2,(H,27,28)/t15-,18+/m0/s1. The minimum absolute atomic E-state index is 0.0155. The molecule has 1 aromatic carbocycles. The van der Waals surface area contributed by atoms with E-state index in [2.05, 4.69) is 26.5 Å². The minimum atomic E-state index is 0.0155. The van der Waals surface area contributed by atoms with E-state index in [0.29, 0.717) is 11.0 Å². The summed E-state index contributed by atoms with van der Waals surface area (Å²) in [7, 11) is 0. The van der Waals surface area contributed by atoms with Crippen LogP contribution in [-0.4, -0.2) is 27.2 Å². The van der Waals surface area contributed by atoms with Crippen molar-refractivity contribution in [1.82, 2.24) is 20.8 Å². The Labute approximate surface area is 173 Å². The van der Waals surface area contributed by atoms with Gasteiger partial charge in [-0.25, -0.2) is 4.98 Å². The smallest absolute Gasteiger partial charge is 0.215 e. The summed E-state index contributed by atoms with van der Waals surface area (Å²) in [5.41, 5.74) is 13.7. The predicted octanol–water partition coefficient (Wildman–Crippen LogP) is 1.52. The van der Waals surface area contributed by atoms with Crippen molar-refractivity contribution >= 4 is 40.3 Å². The van der Waals surface area contributed by atoms with Crippen molar-refractivity contribution in [3.8, 4) is 0 Å². The van der Waals surface area contributed by atoms with Crippen LogP contribution in [0.2, 0.25) is 0 Å². The highest BCUT2D eigenvalue weighted by atomic mass is 16.3. The Morgan fingerprint density at radius 1 is 1.13 bits per heavy atom. The number of nitrogens with one attached hydrogen (secondary N) is 4. The van der Waals surface area contributed by atoms with Gasteiger partial charge in [-0.3, -0.25) is 10.4 Å². The van der Waals surface area contributed by atoms with Crippen LogP contribution < -0.4 is 37.7 Å². The highest BCUT2D eigenvalue weighted by Crippen LogP contribution is 2.24. The SMILES string of the molecule is N[C@H]1CCCC[C@H]1Nc1cc2c(c(Nc3cccc4ncccc34)n1)=C(O)NNC=2. The molecule has 2 atom stereocenters. The molecule has 0 saturated heterocycles. The fourth-order valence-corrected chi connectivity index (χ4v) is 4.21. The molecule has 5 rings (SSSR count). The van der Waals surface area contributed by atoms with Gasteiger partial charge in [-0.1, -0.05) is 18.9 Å². The van der Waals surface area contributed by atoms with Gasteiger partial charge in [0.2, 0.25) is 5.88 Å². The number of aliphatic hydroxyl groups is 1. The van der Waals surface area contributed by atoms with Crippen LogP contribution in [0.4, 0.5) is 17.3 Å². The lowest BCUT2D eigenvalue weighted by Crippen LogP contribution is -2.46. The normalized spacial score (nSPS) is 20.5. The van der Waals surface area contributed by atoms with Crippen molar-refractivity contribution in [2.45, 2.75) is 37.8 Å². The molecule has 0 spiro atoms. The number of hydrogen-bond acceptors (Lipinski definition) is 8. The van der Waals surface area contributed by atoms with Gasteiger partial charge in [-0.2, -0.15) is 0 Å². The van der Waals surface area contributed by atoms with Crippen LogP contribution in [0.5, 0.6) is 0 Å². The van der Waals surface area contributed by atoms with E-state index in [-0.39, 0.29) is 18.0 Å². The third-order valence-corrected chi connectivity index (χ3v) is 5.76. The molecule has 154 valence electrons. The first-order chi connectivity index (χ1) is 14.7. The summed E-state index contributed by atoms with van der Waals surface area (Å²) in [5.74, 6) is 1.30. The van der Waals surface area contributed by atoms with Gasteiger partial charge in [0.15, 0.2) is 0 Å². The van der Waals surface area contributed by atoms with Crippen molar-refractivity contribution in [3.05, 3.63) is 53.0 Å². The number of hydrogen-bond donors (Lipinski definition) is 6. The van der Waals surface area contributed by atoms with Crippen LogP contribution >= 0.6 is 0 Å². The van der Waals surface area contributed by atoms with Crippen LogP contribution in [0, 0.1) is 0 Å². The van der Waals surface area contributed by atoms with E-state index >= 15 is 0 Å². The molecule has 3 aromatic rings. The Morgan fingerprint density at radius 3 is 2.93 bits per heavy atom. The summed E-state index contributed by atoms with van der Waals surface area (Å²) in [6, 6.07) is 12.0. The molecule has 1 saturated carbocycles. The number of rotatable bonds is 4. The summed E-state index contributed by atoms with van der Waals surface area (Å²) >= 11 is 0. The van der Waals surface area contributed by atoms with Crippen LogP contribution in [-0.2, 0) is 0 Å². The number of anilines is 3. The molecule has 1 aliphatic carbocycles. The molecule has 0 unspecified atom stereocenters. The number of aromatic nitrogens is 2. The van der Waals surface area contributed by atoms with E-state index in [0.717, 1.165) is 46.9 Å². The minimum Gasteiger partial charge on any atom is -0.493 e. The number of benzene rings is 1. The largest absolute Gasteiger partial charge is 0.493 e. The van der Waals surface area contributed by atoms with Crippen LogP contribution in [0.1, 0.15) is 25.7 Å².